The number of nitrogens with zero attached hydrogens (tertiary/aromatic N) is 2. The molecule has 5 nitrogen and oxygen atoms in total. The van der Waals surface area contributed by atoms with E-state index in [1.807, 2.05) is 42.2 Å². The van der Waals surface area contributed by atoms with Crippen LogP contribution < -0.4 is 4.74 Å². The number of carbonyl (C=O) groups is 1. The van der Waals surface area contributed by atoms with E-state index in [2.05, 4.69) is 5.16 Å². The summed E-state index contributed by atoms with van der Waals surface area (Å²) in [5, 5.41) is 3.90. The lowest BCUT2D eigenvalue weighted by Crippen LogP contribution is -2.31. The van der Waals surface area contributed by atoms with Crippen LogP contribution in [0, 0.1) is 25.7 Å². The van der Waals surface area contributed by atoms with Gasteiger partial charge in [0.2, 0.25) is 0 Å². The molecule has 2 fully saturated rings. The molecule has 4 rings (SSSR count). The standard InChI is InChI=1S/C19H22N2O3/c1-12-18(13(2)24-20-12)19(22)21-10-14-8-17(9-15(14)11-21)23-16-6-4-3-5-7-16/h3-7,14-15,17H,8-11H2,1-2H3/t14-,15+,17?. The second kappa shape index (κ2) is 5.96. The van der Waals surface area contributed by atoms with Gasteiger partial charge in [-0.25, -0.2) is 0 Å². The van der Waals surface area contributed by atoms with E-state index in [9.17, 15) is 4.79 Å². The number of aromatic nitrogens is 1. The van der Waals surface area contributed by atoms with Crippen molar-refractivity contribution in [3.63, 3.8) is 0 Å². The Kier molecular flexibility index (Phi) is 3.79. The molecule has 2 heterocycles. The molecule has 0 bridgehead atoms. The quantitative estimate of drug-likeness (QED) is 0.869. The number of amides is 1. The minimum absolute atomic E-state index is 0.0566. The summed E-state index contributed by atoms with van der Waals surface area (Å²) in [5.74, 6) is 2.67. The zero-order valence-electron chi connectivity index (χ0n) is 14.1. The maximum atomic E-state index is 12.7. The normalized spacial score (nSPS) is 25.8. The van der Waals surface area contributed by atoms with Crippen molar-refractivity contribution in [1.29, 1.82) is 0 Å². The van der Waals surface area contributed by atoms with Gasteiger partial charge < -0.3 is 14.2 Å². The molecule has 1 amide bonds. The number of hydrogen-bond acceptors (Lipinski definition) is 4. The third-order valence-electron chi connectivity index (χ3n) is 5.29. The van der Waals surface area contributed by atoms with Gasteiger partial charge in [0.1, 0.15) is 17.1 Å². The lowest BCUT2D eigenvalue weighted by atomic mass is 10.0. The molecule has 5 heteroatoms. The van der Waals surface area contributed by atoms with Crippen LogP contribution in [0.3, 0.4) is 0 Å². The first-order valence-corrected chi connectivity index (χ1v) is 8.55. The molecule has 0 N–H and O–H groups in total. The number of fused-ring (bicyclic) bond motifs is 1. The zero-order chi connectivity index (χ0) is 16.7. The Bertz CT molecular complexity index is 707. The molecule has 1 aromatic heterocycles. The molecule has 1 saturated heterocycles. The molecule has 0 radical (unpaired) electrons. The monoisotopic (exact) mass is 326 g/mol. The molecule has 1 saturated carbocycles. The van der Waals surface area contributed by atoms with Crippen molar-refractivity contribution in [1.82, 2.24) is 10.1 Å². The van der Waals surface area contributed by atoms with Crippen molar-refractivity contribution in [2.75, 3.05) is 13.1 Å². The van der Waals surface area contributed by atoms with Crippen LogP contribution in [0.4, 0.5) is 0 Å². The van der Waals surface area contributed by atoms with Crippen LogP contribution in [-0.2, 0) is 0 Å². The Hall–Kier alpha value is -2.30. The predicted octanol–water partition coefficient (Wildman–Crippen LogP) is 3.22. The van der Waals surface area contributed by atoms with Gasteiger partial charge in [-0.2, -0.15) is 0 Å². The van der Waals surface area contributed by atoms with E-state index >= 15 is 0 Å². The smallest absolute Gasteiger partial charge is 0.259 e. The van der Waals surface area contributed by atoms with E-state index < -0.39 is 0 Å². The predicted molar refractivity (Wildman–Crippen MR) is 89.0 cm³/mol. The molecule has 1 aliphatic heterocycles. The van der Waals surface area contributed by atoms with E-state index in [1.54, 1.807) is 6.92 Å². The molecule has 1 aromatic carbocycles. The van der Waals surface area contributed by atoms with Crippen LogP contribution >= 0.6 is 0 Å². The maximum Gasteiger partial charge on any atom is 0.259 e. The van der Waals surface area contributed by atoms with Gasteiger partial charge in [0, 0.05) is 13.1 Å². The molecule has 24 heavy (non-hydrogen) atoms. The molecule has 0 spiro atoms. The number of aryl methyl sites for hydroxylation is 2. The average molecular weight is 326 g/mol. The van der Waals surface area contributed by atoms with Crippen molar-refractivity contribution < 1.29 is 14.1 Å². The second-order valence-electron chi connectivity index (χ2n) is 6.95. The van der Waals surface area contributed by atoms with Crippen molar-refractivity contribution in [3.05, 3.63) is 47.3 Å². The molecule has 1 unspecified atom stereocenters. The Labute approximate surface area is 141 Å². The third kappa shape index (κ3) is 2.68. The topological polar surface area (TPSA) is 55.6 Å². The fourth-order valence-electron chi connectivity index (χ4n) is 4.14. The lowest BCUT2D eigenvalue weighted by Gasteiger charge is -2.20. The minimum Gasteiger partial charge on any atom is -0.490 e. The van der Waals surface area contributed by atoms with Crippen molar-refractivity contribution in [3.8, 4) is 5.75 Å². The van der Waals surface area contributed by atoms with Gasteiger partial charge in [0.05, 0.1) is 11.8 Å². The summed E-state index contributed by atoms with van der Waals surface area (Å²) in [5.41, 5.74) is 1.31. The van der Waals surface area contributed by atoms with E-state index in [-0.39, 0.29) is 12.0 Å². The molecule has 1 aliphatic carbocycles. The van der Waals surface area contributed by atoms with Crippen molar-refractivity contribution in [2.45, 2.75) is 32.8 Å². The Morgan fingerprint density at radius 1 is 1.17 bits per heavy atom. The summed E-state index contributed by atoms with van der Waals surface area (Å²) in [6.07, 6.45) is 2.30. The number of ether oxygens (including phenoxy) is 1. The number of rotatable bonds is 3. The molecule has 2 aliphatic rings. The lowest BCUT2D eigenvalue weighted by molar-refractivity contribution is 0.0767. The molecular formula is C19H22N2O3. The highest BCUT2D eigenvalue weighted by Crippen LogP contribution is 2.40. The highest BCUT2D eigenvalue weighted by Gasteiger charge is 2.44. The second-order valence-corrected chi connectivity index (χ2v) is 6.95. The summed E-state index contributed by atoms with van der Waals surface area (Å²) in [6.45, 7) is 5.24. The third-order valence-corrected chi connectivity index (χ3v) is 5.29. The first-order valence-electron chi connectivity index (χ1n) is 8.55. The summed E-state index contributed by atoms with van der Waals surface area (Å²) >= 11 is 0. The van der Waals surface area contributed by atoms with Crippen LogP contribution in [0.1, 0.15) is 34.7 Å². The highest BCUT2D eigenvalue weighted by atomic mass is 16.5. The number of likely N-dealkylation sites (tertiary alicyclic amines) is 1. The van der Waals surface area contributed by atoms with Crippen LogP contribution in [0.15, 0.2) is 34.9 Å². The Morgan fingerprint density at radius 3 is 2.42 bits per heavy atom. The average Bonchev–Trinajstić information content (AvgIpc) is 3.21. The van der Waals surface area contributed by atoms with Gasteiger partial charge in [-0.15, -0.1) is 0 Å². The summed E-state index contributed by atoms with van der Waals surface area (Å²) < 4.78 is 11.2. The number of benzene rings is 1. The van der Waals surface area contributed by atoms with Crippen molar-refractivity contribution in [2.24, 2.45) is 11.8 Å². The fourth-order valence-corrected chi connectivity index (χ4v) is 4.14. The first-order chi connectivity index (χ1) is 11.6. The zero-order valence-corrected chi connectivity index (χ0v) is 14.1. The van der Waals surface area contributed by atoms with Gasteiger partial charge in [0.25, 0.3) is 5.91 Å². The molecule has 2 aromatic rings. The van der Waals surface area contributed by atoms with Gasteiger partial charge in [-0.1, -0.05) is 23.4 Å². The maximum absolute atomic E-state index is 12.7. The van der Waals surface area contributed by atoms with Crippen LogP contribution in [-0.4, -0.2) is 35.2 Å². The van der Waals surface area contributed by atoms with Crippen LogP contribution in [0.2, 0.25) is 0 Å². The van der Waals surface area contributed by atoms with Crippen LogP contribution in [0.25, 0.3) is 0 Å². The van der Waals surface area contributed by atoms with E-state index in [0.717, 1.165) is 31.7 Å². The van der Waals surface area contributed by atoms with Gasteiger partial charge in [-0.3, -0.25) is 4.79 Å². The SMILES string of the molecule is Cc1noc(C)c1C(=O)N1C[C@H]2CC(Oc3ccccc3)C[C@H]2C1. The van der Waals surface area contributed by atoms with E-state index in [0.29, 0.717) is 28.9 Å². The summed E-state index contributed by atoms with van der Waals surface area (Å²) in [4.78, 5) is 14.7. The number of para-hydroxylation sites is 1. The first kappa shape index (κ1) is 15.2. The minimum atomic E-state index is 0.0566. The Morgan fingerprint density at radius 2 is 1.83 bits per heavy atom. The van der Waals surface area contributed by atoms with Crippen molar-refractivity contribution >= 4 is 5.91 Å². The van der Waals surface area contributed by atoms with E-state index in [1.165, 1.54) is 0 Å². The summed E-state index contributed by atoms with van der Waals surface area (Å²) in [7, 11) is 0. The largest absolute Gasteiger partial charge is 0.490 e. The summed E-state index contributed by atoms with van der Waals surface area (Å²) in [6, 6.07) is 9.99. The van der Waals surface area contributed by atoms with Gasteiger partial charge in [0.15, 0.2) is 0 Å². The van der Waals surface area contributed by atoms with E-state index in [4.69, 9.17) is 9.26 Å². The van der Waals surface area contributed by atoms with Gasteiger partial charge >= 0.3 is 0 Å². The number of carbonyl (C=O) groups excluding carboxylic acids is 1. The molecule has 126 valence electrons. The molecular weight excluding hydrogens is 304 g/mol. The highest BCUT2D eigenvalue weighted by molar-refractivity contribution is 5.96. The fraction of sp³-hybridized carbons (Fsp3) is 0.474. The Balaban J connectivity index is 1.39. The van der Waals surface area contributed by atoms with Crippen LogP contribution in [0.5, 0.6) is 5.75 Å². The van der Waals surface area contributed by atoms with Gasteiger partial charge in [-0.05, 0) is 50.7 Å². The number of hydrogen-bond donors (Lipinski definition) is 0. The molecule has 3 atom stereocenters.